The molecule has 0 unspecified atom stereocenters. The van der Waals surface area contributed by atoms with Gasteiger partial charge >= 0.3 is 15.6 Å². The summed E-state index contributed by atoms with van der Waals surface area (Å²) in [6.45, 7) is 25.3. The van der Waals surface area contributed by atoms with E-state index in [1.165, 1.54) is 6.07 Å². The zero-order valence-corrected chi connectivity index (χ0v) is 36.5. The molecule has 0 saturated heterocycles. The lowest BCUT2D eigenvalue weighted by atomic mass is 9.87. The van der Waals surface area contributed by atoms with Crippen LogP contribution in [-0.4, -0.2) is 0 Å². The Bertz CT molecular complexity index is 1890. The average molecular weight is 799 g/mol. The van der Waals surface area contributed by atoms with Gasteiger partial charge in [-0.05, 0) is 105 Å². The van der Waals surface area contributed by atoms with Gasteiger partial charge in [-0.25, -0.2) is 0 Å². The van der Waals surface area contributed by atoms with Crippen molar-refractivity contribution in [2.45, 2.75) is 105 Å². The van der Waals surface area contributed by atoms with Crippen LogP contribution in [0.25, 0.3) is 0 Å². The van der Waals surface area contributed by atoms with Crippen LogP contribution in [0.15, 0.2) is 121 Å². The van der Waals surface area contributed by atoms with E-state index in [-0.39, 0.29) is 33.2 Å². The van der Waals surface area contributed by atoms with Crippen molar-refractivity contribution in [3.05, 3.63) is 144 Å². The zero-order chi connectivity index (χ0) is 41.2. The minimum absolute atomic E-state index is 0.0686. The Labute approximate surface area is 333 Å². The monoisotopic (exact) mass is 798 g/mol. The normalized spacial score (nSPS) is 12.8. The van der Waals surface area contributed by atoms with Crippen molar-refractivity contribution >= 4 is 15.6 Å². The van der Waals surface area contributed by atoms with Crippen molar-refractivity contribution < 1.29 is 36.3 Å². The highest BCUT2D eigenvalue weighted by molar-refractivity contribution is 7.50. The highest BCUT2D eigenvalue weighted by Crippen LogP contribution is 2.53. The molecule has 0 aliphatic rings. The van der Waals surface area contributed by atoms with Gasteiger partial charge < -0.3 is 27.1 Å². The van der Waals surface area contributed by atoms with Crippen LogP contribution in [0, 0.1) is 0 Å². The van der Waals surface area contributed by atoms with Gasteiger partial charge in [0, 0.05) is 6.07 Å². The summed E-state index contributed by atoms with van der Waals surface area (Å²) in [6.07, 6.45) is 0. The second-order valence-corrected chi connectivity index (χ2v) is 20.9. The average Bonchev–Trinajstić information content (AvgIpc) is 3.07. The van der Waals surface area contributed by atoms with Crippen molar-refractivity contribution in [3.8, 4) is 34.5 Å². The zero-order valence-electron chi connectivity index (χ0n) is 34.7. The van der Waals surface area contributed by atoms with Crippen LogP contribution < -0.4 is 27.1 Å². The van der Waals surface area contributed by atoms with Crippen LogP contribution in [0.2, 0.25) is 0 Å². The Hall–Kier alpha value is -4.64. The second kappa shape index (κ2) is 16.1. The number of rotatable bonds is 12. The lowest BCUT2D eigenvalue weighted by molar-refractivity contribution is 0.295. The van der Waals surface area contributed by atoms with E-state index < -0.39 is 15.6 Å². The molecule has 0 fully saturated rings. The second-order valence-electron chi connectivity index (χ2n) is 18.0. The third-order valence-electron chi connectivity index (χ3n) is 8.99. The van der Waals surface area contributed by atoms with Gasteiger partial charge in [-0.1, -0.05) is 138 Å². The summed E-state index contributed by atoms with van der Waals surface area (Å²) in [5.41, 5.74) is 3.93. The smallest absolute Gasteiger partial charge is 0.386 e. The van der Waals surface area contributed by atoms with Crippen molar-refractivity contribution in [3.63, 3.8) is 0 Å². The van der Waals surface area contributed by atoms with Crippen molar-refractivity contribution in [2.24, 2.45) is 0 Å². The van der Waals surface area contributed by atoms with Gasteiger partial charge in [0.15, 0.2) is 0 Å². The van der Waals surface area contributed by atoms with Gasteiger partial charge in [0.2, 0.25) is 0 Å². The number of phosphoric ester groups is 2. The fourth-order valence-electron chi connectivity index (χ4n) is 5.54. The van der Waals surface area contributed by atoms with Crippen LogP contribution in [-0.2, 0) is 30.8 Å². The molecule has 0 saturated carbocycles. The molecule has 5 rings (SSSR count). The lowest BCUT2D eigenvalue weighted by Crippen LogP contribution is -2.12. The Morgan fingerprint density at radius 2 is 0.500 bits per heavy atom. The Kier molecular flexibility index (Phi) is 12.2. The summed E-state index contributed by atoms with van der Waals surface area (Å²) in [4.78, 5) is 0. The maximum atomic E-state index is 14.5. The third-order valence-corrected chi connectivity index (χ3v) is 11.6. The van der Waals surface area contributed by atoms with Gasteiger partial charge in [0.25, 0.3) is 0 Å². The minimum Gasteiger partial charge on any atom is -0.386 e. The standard InChI is InChI=1S/C46H56O8P2/c1-43(2,3)33-16-24-37(25-17-33)49-55(47,50-38-26-18-34(19-27-38)44(4,5)6)53-41-14-13-15-42(32-41)54-56(48,51-39-28-20-35(21-29-39)45(7,8)9)52-40-30-22-36(23-31-40)46(10,11)12/h13-32H,1-12H3. The van der Waals surface area contributed by atoms with E-state index >= 15 is 0 Å². The van der Waals surface area contributed by atoms with Crippen molar-refractivity contribution in [1.29, 1.82) is 0 Å². The number of hydrogen-bond donors (Lipinski definition) is 0. The Morgan fingerprint density at radius 1 is 0.304 bits per heavy atom. The fourth-order valence-corrected chi connectivity index (χ4v) is 8.02. The molecular formula is C46H56O8P2. The molecule has 0 N–H and O–H groups in total. The molecule has 0 aliphatic heterocycles. The summed E-state index contributed by atoms with van der Waals surface area (Å²) >= 11 is 0. The predicted molar refractivity (Wildman–Crippen MR) is 226 cm³/mol. The molecule has 0 bridgehead atoms. The molecule has 0 heterocycles. The largest absolute Gasteiger partial charge is 0.647 e. The molecule has 5 aromatic carbocycles. The lowest BCUT2D eigenvalue weighted by Gasteiger charge is -2.23. The molecule has 56 heavy (non-hydrogen) atoms. The van der Waals surface area contributed by atoms with Gasteiger partial charge in [-0.2, -0.15) is 9.13 Å². The van der Waals surface area contributed by atoms with E-state index in [0.717, 1.165) is 22.3 Å². The molecule has 8 nitrogen and oxygen atoms in total. The van der Waals surface area contributed by atoms with Crippen molar-refractivity contribution in [2.75, 3.05) is 0 Å². The van der Waals surface area contributed by atoms with E-state index in [4.69, 9.17) is 27.1 Å². The van der Waals surface area contributed by atoms with Crippen LogP contribution in [0.1, 0.15) is 105 Å². The molecule has 0 spiro atoms. The molecule has 298 valence electrons. The maximum absolute atomic E-state index is 14.5. The topological polar surface area (TPSA) is 89.5 Å². The van der Waals surface area contributed by atoms with Crippen LogP contribution >= 0.6 is 15.6 Å². The Morgan fingerprint density at radius 3 is 0.696 bits per heavy atom. The quantitative estimate of drug-likeness (QED) is 0.115. The van der Waals surface area contributed by atoms with E-state index in [1.807, 2.05) is 48.5 Å². The SMILES string of the molecule is CC(C)(C)c1ccc(OP(=O)(Oc2ccc(C(C)(C)C)cc2)Oc2cccc(OP(=O)(Oc3ccc(C(C)(C)C)cc3)Oc3ccc(C(C)(C)C)cc3)c2)cc1. The maximum Gasteiger partial charge on any atom is 0.647 e. The fraction of sp³-hybridized carbons (Fsp3) is 0.348. The first kappa shape index (κ1) is 42.5. The molecule has 0 aliphatic carbocycles. The molecule has 5 aromatic rings. The van der Waals surface area contributed by atoms with E-state index in [9.17, 15) is 9.13 Å². The van der Waals surface area contributed by atoms with E-state index in [0.29, 0.717) is 23.0 Å². The summed E-state index contributed by atoms with van der Waals surface area (Å²) in [5, 5.41) is 0. The Balaban J connectivity index is 1.46. The highest BCUT2D eigenvalue weighted by Gasteiger charge is 2.36. The molecule has 0 aromatic heterocycles. The first-order chi connectivity index (χ1) is 25.9. The first-order valence-electron chi connectivity index (χ1n) is 18.8. The summed E-state index contributed by atoms with van der Waals surface area (Å²) in [5.74, 6) is 1.31. The summed E-state index contributed by atoms with van der Waals surface area (Å²) in [6, 6.07) is 35.3. The van der Waals surface area contributed by atoms with Gasteiger partial charge in [-0.3, -0.25) is 0 Å². The predicted octanol–water partition coefficient (Wildman–Crippen LogP) is 14.2. The summed E-state index contributed by atoms with van der Waals surface area (Å²) < 4.78 is 65.2. The number of benzene rings is 5. The van der Waals surface area contributed by atoms with E-state index in [1.54, 1.807) is 66.7 Å². The van der Waals surface area contributed by atoms with Gasteiger partial charge in [-0.15, -0.1) is 0 Å². The van der Waals surface area contributed by atoms with Crippen molar-refractivity contribution in [1.82, 2.24) is 0 Å². The summed E-state index contributed by atoms with van der Waals surface area (Å²) in [7, 11) is -8.80. The molecular weight excluding hydrogens is 742 g/mol. The van der Waals surface area contributed by atoms with E-state index in [2.05, 4.69) is 83.1 Å². The number of hydrogen-bond acceptors (Lipinski definition) is 8. The molecule has 0 radical (unpaired) electrons. The number of phosphoric acid groups is 2. The van der Waals surface area contributed by atoms with Crippen LogP contribution in [0.3, 0.4) is 0 Å². The van der Waals surface area contributed by atoms with Crippen LogP contribution in [0.4, 0.5) is 0 Å². The van der Waals surface area contributed by atoms with Gasteiger partial charge in [0.05, 0.1) is 0 Å². The van der Waals surface area contributed by atoms with Gasteiger partial charge in [0.1, 0.15) is 34.5 Å². The molecule has 0 amide bonds. The molecule has 10 heteroatoms. The third kappa shape index (κ3) is 11.7. The highest BCUT2D eigenvalue weighted by atomic mass is 31.2. The minimum atomic E-state index is -4.40. The van der Waals surface area contributed by atoms with Crippen LogP contribution in [0.5, 0.6) is 34.5 Å². The molecule has 0 atom stereocenters. The first-order valence-corrected chi connectivity index (χ1v) is 21.7.